The number of hydrogen-bond donors (Lipinski definition) is 1. The van der Waals surface area contributed by atoms with E-state index in [0.717, 1.165) is 17.5 Å². The molecule has 1 aliphatic rings. The van der Waals surface area contributed by atoms with Gasteiger partial charge in [-0.05, 0) is 25.3 Å². The van der Waals surface area contributed by atoms with E-state index in [2.05, 4.69) is 23.3 Å². The molecule has 17 heavy (non-hydrogen) atoms. The van der Waals surface area contributed by atoms with Crippen LogP contribution < -0.4 is 5.32 Å². The van der Waals surface area contributed by atoms with Crippen molar-refractivity contribution in [2.75, 3.05) is 12.3 Å². The molecular formula is C12H18N4S. The minimum absolute atomic E-state index is 0.370. The molecule has 2 rings (SSSR count). The Kier molecular flexibility index (Phi) is 3.75. The number of nitrogens with one attached hydrogen (secondary N) is 1. The second kappa shape index (κ2) is 5.11. The standard InChI is InChI=1S/C12H18N4S/c1-3-15-12(8-13,10-4-5-10)9-17-11-14-6-7-16(11)2/h6-7,10,15H,3-5,9H2,1-2H3. The van der Waals surface area contributed by atoms with Crippen molar-refractivity contribution in [3.8, 4) is 6.07 Å². The van der Waals surface area contributed by atoms with Gasteiger partial charge in [-0.15, -0.1) is 0 Å². The Balaban J connectivity index is 2.03. The fourth-order valence-corrected chi connectivity index (χ4v) is 3.20. The second-order valence-electron chi connectivity index (χ2n) is 4.50. The molecule has 0 aliphatic heterocycles. The van der Waals surface area contributed by atoms with Crippen LogP contribution in [0.25, 0.3) is 0 Å². The number of thioether (sulfide) groups is 1. The van der Waals surface area contributed by atoms with Crippen LogP contribution in [0.3, 0.4) is 0 Å². The summed E-state index contributed by atoms with van der Waals surface area (Å²) in [5.41, 5.74) is -0.370. The molecule has 92 valence electrons. The Hall–Kier alpha value is -0.990. The first-order valence-electron chi connectivity index (χ1n) is 5.98. The van der Waals surface area contributed by atoms with E-state index in [0.29, 0.717) is 5.92 Å². The molecule has 0 saturated heterocycles. The molecule has 1 saturated carbocycles. The van der Waals surface area contributed by atoms with Gasteiger partial charge in [0.05, 0.1) is 6.07 Å². The molecule has 0 aromatic carbocycles. The molecule has 0 bridgehead atoms. The van der Waals surface area contributed by atoms with Gasteiger partial charge in [0.25, 0.3) is 0 Å². The number of nitrogens with zero attached hydrogens (tertiary/aromatic N) is 3. The van der Waals surface area contributed by atoms with E-state index in [1.165, 1.54) is 12.8 Å². The van der Waals surface area contributed by atoms with Crippen LogP contribution in [0.4, 0.5) is 0 Å². The van der Waals surface area contributed by atoms with Crippen molar-refractivity contribution in [1.82, 2.24) is 14.9 Å². The molecule has 0 amide bonds. The summed E-state index contributed by atoms with van der Waals surface area (Å²) in [6, 6.07) is 2.49. The van der Waals surface area contributed by atoms with E-state index < -0.39 is 0 Å². The summed E-state index contributed by atoms with van der Waals surface area (Å²) in [6.07, 6.45) is 6.06. The predicted octanol–water partition coefficient (Wildman–Crippen LogP) is 1.79. The largest absolute Gasteiger partial charge is 0.329 e. The maximum atomic E-state index is 9.46. The van der Waals surface area contributed by atoms with Gasteiger partial charge in [0, 0.05) is 25.2 Å². The van der Waals surface area contributed by atoms with Crippen LogP contribution in [0.1, 0.15) is 19.8 Å². The molecule has 1 fully saturated rings. The molecule has 4 nitrogen and oxygen atoms in total. The van der Waals surface area contributed by atoms with Crippen molar-refractivity contribution in [3.05, 3.63) is 12.4 Å². The van der Waals surface area contributed by atoms with Crippen LogP contribution in [0.5, 0.6) is 0 Å². The highest BCUT2D eigenvalue weighted by Crippen LogP contribution is 2.41. The van der Waals surface area contributed by atoms with Crippen molar-refractivity contribution in [1.29, 1.82) is 5.26 Å². The van der Waals surface area contributed by atoms with E-state index in [-0.39, 0.29) is 5.54 Å². The molecule has 1 aliphatic carbocycles. The van der Waals surface area contributed by atoms with Crippen molar-refractivity contribution >= 4 is 11.8 Å². The Morgan fingerprint density at radius 2 is 2.47 bits per heavy atom. The Labute approximate surface area is 106 Å². The molecule has 1 heterocycles. The monoisotopic (exact) mass is 250 g/mol. The third kappa shape index (κ3) is 2.64. The molecule has 5 heteroatoms. The average Bonchev–Trinajstić information content (AvgIpc) is 3.10. The lowest BCUT2D eigenvalue weighted by Crippen LogP contribution is -2.48. The molecule has 1 aromatic rings. The van der Waals surface area contributed by atoms with Crippen LogP contribution in [0.2, 0.25) is 0 Å². The molecule has 1 atom stereocenters. The number of aryl methyl sites for hydroxylation is 1. The number of nitriles is 1. The van der Waals surface area contributed by atoms with Gasteiger partial charge in [0.1, 0.15) is 5.54 Å². The van der Waals surface area contributed by atoms with Crippen LogP contribution in [0.15, 0.2) is 17.6 Å². The van der Waals surface area contributed by atoms with Crippen LogP contribution >= 0.6 is 11.8 Å². The van der Waals surface area contributed by atoms with Crippen molar-refractivity contribution in [3.63, 3.8) is 0 Å². The first-order chi connectivity index (χ1) is 8.22. The third-order valence-electron chi connectivity index (χ3n) is 3.17. The Morgan fingerprint density at radius 3 is 2.94 bits per heavy atom. The zero-order chi connectivity index (χ0) is 12.3. The van der Waals surface area contributed by atoms with Gasteiger partial charge >= 0.3 is 0 Å². The van der Waals surface area contributed by atoms with Gasteiger partial charge < -0.3 is 4.57 Å². The molecule has 1 unspecified atom stereocenters. The van der Waals surface area contributed by atoms with Gasteiger partial charge in [-0.1, -0.05) is 18.7 Å². The van der Waals surface area contributed by atoms with Crippen molar-refractivity contribution in [2.24, 2.45) is 13.0 Å². The van der Waals surface area contributed by atoms with E-state index in [1.54, 1.807) is 18.0 Å². The van der Waals surface area contributed by atoms with Gasteiger partial charge in [0.2, 0.25) is 0 Å². The zero-order valence-electron chi connectivity index (χ0n) is 10.3. The third-order valence-corrected chi connectivity index (χ3v) is 4.42. The fraction of sp³-hybridized carbons (Fsp3) is 0.667. The highest BCUT2D eigenvalue weighted by Gasteiger charge is 2.45. The smallest absolute Gasteiger partial charge is 0.167 e. The summed E-state index contributed by atoms with van der Waals surface area (Å²) in [5.74, 6) is 1.28. The fourth-order valence-electron chi connectivity index (χ4n) is 2.04. The molecule has 0 spiro atoms. The van der Waals surface area contributed by atoms with E-state index >= 15 is 0 Å². The first-order valence-corrected chi connectivity index (χ1v) is 6.97. The summed E-state index contributed by atoms with van der Waals surface area (Å²) in [4.78, 5) is 4.28. The lowest BCUT2D eigenvalue weighted by Gasteiger charge is -2.26. The summed E-state index contributed by atoms with van der Waals surface area (Å²) in [7, 11) is 1.98. The van der Waals surface area contributed by atoms with E-state index in [4.69, 9.17) is 0 Å². The van der Waals surface area contributed by atoms with Crippen LogP contribution in [0, 0.1) is 17.2 Å². The minimum atomic E-state index is -0.370. The Morgan fingerprint density at radius 1 is 1.71 bits per heavy atom. The second-order valence-corrected chi connectivity index (χ2v) is 5.44. The number of imidazole rings is 1. The van der Waals surface area contributed by atoms with Gasteiger partial charge in [-0.2, -0.15) is 5.26 Å². The Bertz CT molecular complexity index is 418. The quantitative estimate of drug-likeness (QED) is 0.782. The summed E-state index contributed by atoms with van der Waals surface area (Å²) in [6.45, 7) is 2.89. The maximum Gasteiger partial charge on any atom is 0.167 e. The average molecular weight is 250 g/mol. The minimum Gasteiger partial charge on any atom is -0.329 e. The first kappa shape index (κ1) is 12.5. The van der Waals surface area contributed by atoms with Gasteiger partial charge in [0.15, 0.2) is 5.16 Å². The van der Waals surface area contributed by atoms with Gasteiger partial charge in [-0.3, -0.25) is 5.32 Å². The SMILES string of the molecule is CCNC(C#N)(CSc1nccn1C)C1CC1. The topological polar surface area (TPSA) is 53.6 Å². The molecule has 1 N–H and O–H groups in total. The zero-order valence-corrected chi connectivity index (χ0v) is 11.1. The molecule has 0 radical (unpaired) electrons. The predicted molar refractivity (Wildman–Crippen MR) is 68.7 cm³/mol. The normalized spacial score (nSPS) is 18.6. The van der Waals surface area contributed by atoms with Crippen LogP contribution in [-0.2, 0) is 7.05 Å². The summed E-state index contributed by atoms with van der Waals surface area (Å²) >= 11 is 1.66. The lowest BCUT2D eigenvalue weighted by atomic mass is 9.98. The number of aromatic nitrogens is 2. The molecule has 1 aromatic heterocycles. The summed E-state index contributed by atoms with van der Waals surface area (Å²) < 4.78 is 1.99. The number of rotatable bonds is 6. The summed E-state index contributed by atoms with van der Waals surface area (Å²) in [5, 5.41) is 13.8. The maximum absolute atomic E-state index is 9.46. The van der Waals surface area contributed by atoms with E-state index in [9.17, 15) is 5.26 Å². The van der Waals surface area contributed by atoms with Crippen molar-refractivity contribution < 1.29 is 0 Å². The highest BCUT2D eigenvalue weighted by molar-refractivity contribution is 7.99. The highest BCUT2D eigenvalue weighted by atomic mass is 32.2. The van der Waals surface area contributed by atoms with Crippen molar-refractivity contribution in [2.45, 2.75) is 30.5 Å². The van der Waals surface area contributed by atoms with E-state index in [1.807, 2.05) is 17.8 Å². The lowest BCUT2D eigenvalue weighted by molar-refractivity contribution is 0.415. The van der Waals surface area contributed by atoms with Gasteiger partial charge in [-0.25, -0.2) is 4.98 Å². The number of hydrogen-bond acceptors (Lipinski definition) is 4. The van der Waals surface area contributed by atoms with Crippen LogP contribution in [-0.4, -0.2) is 27.4 Å². The molecular weight excluding hydrogens is 232 g/mol.